The molecule has 1 aliphatic rings. The fourth-order valence-electron chi connectivity index (χ4n) is 1.48. The van der Waals surface area contributed by atoms with Crippen molar-refractivity contribution in [1.82, 2.24) is 5.32 Å². The van der Waals surface area contributed by atoms with Gasteiger partial charge in [-0.05, 0) is 27.7 Å². The first-order chi connectivity index (χ1) is 4.41. The van der Waals surface area contributed by atoms with Crippen LogP contribution in [0.15, 0.2) is 0 Å². The number of morpholine rings is 1. The normalized spacial score (nSPS) is 27.3. The highest BCUT2D eigenvalue weighted by Crippen LogP contribution is 2.22. The van der Waals surface area contributed by atoms with Crippen molar-refractivity contribution in [2.24, 2.45) is 0 Å². The van der Waals surface area contributed by atoms with Gasteiger partial charge in [-0.1, -0.05) is 0 Å². The molecule has 68 valence electrons. The van der Waals surface area contributed by atoms with Crippen LogP contribution in [0.25, 0.3) is 0 Å². The van der Waals surface area contributed by atoms with Crippen molar-refractivity contribution >= 4 is 12.4 Å². The van der Waals surface area contributed by atoms with E-state index < -0.39 is 0 Å². The summed E-state index contributed by atoms with van der Waals surface area (Å²) in [4.78, 5) is 0. The zero-order chi connectivity index (χ0) is 7.83. The number of hydrogen-bond donors (Lipinski definition) is 1. The minimum Gasteiger partial charge on any atom is -0.367 e. The van der Waals surface area contributed by atoms with Crippen LogP contribution in [0.1, 0.15) is 27.7 Å². The lowest BCUT2D eigenvalue weighted by atomic mass is 10.0. The molecule has 11 heavy (non-hydrogen) atoms. The zero-order valence-electron chi connectivity index (χ0n) is 7.73. The van der Waals surface area contributed by atoms with E-state index >= 15 is 0 Å². The van der Waals surface area contributed by atoms with Gasteiger partial charge in [0.05, 0.1) is 11.2 Å². The van der Waals surface area contributed by atoms with Crippen molar-refractivity contribution < 1.29 is 4.74 Å². The Morgan fingerprint density at radius 2 is 1.36 bits per heavy atom. The third-order valence-corrected chi connectivity index (χ3v) is 1.65. The van der Waals surface area contributed by atoms with Gasteiger partial charge >= 0.3 is 0 Å². The molecular formula is C8H18ClNO. The standard InChI is InChI=1S/C8H17NO.ClH/c1-7(2)5-9-6-8(3,4)10-7;/h9H,5-6H2,1-4H3;1H. The van der Waals surface area contributed by atoms with Crippen molar-refractivity contribution in [3.05, 3.63) is 0 Å². The molecule has 0 spiro atoms. The second kappa shape index (κ2) is 3.30. The largest absolute Gasteiger partial charge is 0.367 e. The van der Waals surface area contributed by atoms with Crippen molar-refractivity contribution in [1.29, 1.82) is 0 Å². The van der Waals surface area contributed by atoms with E-state index in [1.54, 1.807) is 0 Å². The number of rotatable bonds is 0. The van der Waals surface area contributed by atoms with E-state index in [0.29, 0.717) is 0 Å². The van der Waals surface area contributed by atoms with Gasteiger partial charge in [-0.2, -0.15) is 0 Å². The first-order valence-corrected chi connectivity index (χ1v) is 3.82. The monoisotopic (exact) mass is 179 g/mol. The fraction of sp³-hybridized carbons (Fsp3) is 1.00. The topological polar surface area (TPSA) is 21.3 Å². The van der Waals surface area contributed by atoms with Crippen molar-refractivity contribution in [3.8, 4) is 0 Å². The summed E-state index contributed by atoms with van der Waals surface area (Å²) in [5, 5.41) is 3.34. The van der Waals surface area contributed by atoms with Crippen LogP contribution in [-0.2, 0) is 4.74 Å². The van der Waals surface area contributed by atoms with E-state index in [-0.39, 0.29) is 23.6 Å². The fourth-order valence-corrected chi connectivity index (χ4v) is 1.48. The molecule has 1 saturated heterocycles. The van der Waals surface area contributed by atoms with Crippen LogP contribution in [0.3, 0.4) is 0 Å². The summed E-state index contributed by atoms with van der Waals surface area (Å²) in [5.74, 6) is 0. The van der Waals surface area contributed by atoms with E-state index in [9.17, 15) is 0 Å². The molecule has 0 aromatic carbocycles. The molecule has 1 N–H and O–H groups in total. The number of halogens is 1. The van der Waals surface area contributed by atoms with E-state index in [1.807, 2.05) is 0 Å². The lowest BCUT2D eigenvalue weighted by molar-refractivity contribution is -0.142. The summed E-state index contributed by atoms with van der Waals surface area (Å²) in [7, 11) is 0. The molecule has 0 bridgehead atoms. The Morgan fingerprint density at radius 1 is 1.00 bits per heavy atom. The molecule has 0 saturated carbocycles. The predicted octanol–water partition coefficient (Wildman–Crippen LogP) is 1.59. The minimum absolute atomic E-state index is 0. The molecule has 0 aliphatic carbocycles. The van der Waals surface area contributed by atoms with Crippen LogP contribution >= 0.6 is 12.4 Å². The second-order valence-electron chi connectivity index (χ2n) is 4.23. The molecule has 0 aromatic heterocycles. The molecule has 0 atom stereocenters. The maximum atomic E-state index is 5.80. The van der Waals surface area contributed by atoms with Gasteiger partial charge in [0.15, 0.2) is 0 Å². The molecular weight excluding hydrogens is 162 g/mol. The molecule has 1 heterocycles. The van der Waals surface area contributed by atoms with Crippen LogP contribution in [0.4, 0.5) is 0 Å². The lowest BCUT2D eigenvalue weighted by Gasteiger charge is -2.41. The van der Waals surface area contributed by atoms with Gasteiger partial charge in [0, 0.05) is 13.1 Å². The van der Waals surface area contributed by atoms with Gasteiger partial charge in [0.2, 0.25) is 0 Å². The van der Waals surface area contributed by atoms with Gasteiger partial charge in [0.1, 0.15) is 0 Å². The maximum absolute atomic E-state index is 5.80. The van der Waals surface area contributed by atoms with Gasteiger partial charge in [-0.25, -0.2) is 0 Å². The summed E-state index contributed by atoms with van der Waals surface area (Å²) in [6.45, 7) is 10.4. The first kappa shape index (κ1) is 11.2. The summed E-state index contributed by atoms with van der Waals surface area (Å²) in [6, 6.07) is 0. The van der Waals surface area contributed by atoms with Gasteiger partial charge in [-0.15, -0.1) is 12.4 Å². The van der Waals surface area contributed by atoms with Crippen LogP contribution in [0.2, 0.25) is 0 Å². The number of ether oxygens (including phenoxy) is 1. The third kappa shape index (κ3) is 3.41. The number of nitrogens with one attached hydrogen (secondary N) is 1. The summed E-state index contributed by atoms with van der Waals surface area (Å²) < 4.78 is 5.80. The smallest absolute Gasteiger partial charge is 0.0758 e. The molecule has 3 heteroatoms. The number of hydrogen-bond acceptors (Lipinski definition) is 2. The minimum atomic E-state index is 0. The molecule has 1 aliphatic heterocycles. The Labute approximate surface area is 75.1 Å². The second-order valence-corrected chi connectivity index (χ2v) is 4.23. The van der Waals surface area contributed by atoms with Crippen LogP contribution in [0, 0.1) is 0 Å². The summed E-state index contributed by atoms with van der Waals surface area (Å²) in [6.07, 6.45) is 0. The maximum Gasteiger partial charge on any atom is 0.0758 e. The lowest BCUT2D eigenvalue weighted by Crippen LogP contribution is -2.55. The molecule has 0 unspecified atom stereocenters. The zero-order valence-corrected chi connectivity index (χ0v) is 8.55. The van der Waals surface area contributed by atoms with Gasteiger partial charge in [0.25, 0.3) is 0 Å². The third-order valence-electron chi connectivity index (χ3n) is 1.65. The Bertz CT molecular complexity index is 120. The predicted molar refractivity (Wildman–Crippen MR) is 49.4 cm³/mol. The van der Waals surface area contributed by atoms with E-state index in [2.05, 4.69) is 33.0 Å². The highest BCUT2D eigenvalue weighted by molar-refractivity contribution is 5.85. The Kier molecular flexibility index (Phi) is 3.36. The molecule has 1 rings (SSSR count). The molecule has 0 aromatic rings. The Balaban J connectivity index is 0.000001000. The van der Waals surface area contributed by atoms with Crippen LogP contribution < -0.4 is 5.32 Å². The van der Waals surface area contributed by atoms with E-state index in [0.717, 1.165) is 13.1 Å². The summed E-state index contributed by atoms with van der Waals surface area (Å²) in [5.41, 5.74) is 0.00347. The Morgan fingerprint density at radius 3 is 1.55 bits per heavy atom. The van der Waals surface area contributed by atoms with E-state index in [4.69, 9.17) is 4.74 Å². The van der Waals surface area contributed by atoms with Crippen molar-refractivity contribution in [3.63, 3.8) is 0 Å². The molecule has 0 radical (unpaired) electrons. The molecule has 1 fully saturated rings. The first-order valence-electron chi connectivity index (χ1n) is 3.82. The molecule has 2 nitrogen and oxygen atoms in total. The molecule has 0 amide bonds. The average molecular weight is 180 g/mol. The van der Waals surface area contributed by atoms with Gasteiger partial charge in [-0.3, -0.25) is 0 Å². The van der Waals surface area contributed by atoms with E-state index in [1.165, 1.54) is 0 Å². The SMILES string of the molecule is CC1(C)CNCC(C)(C)O1.Cl. The average Bonchev–Trinajstić information content (AvgIpc) is 1.56. The van der Waals surface area contributed by atoms with Gasteiger partial charge < -0.3 is 10.1 Å². The Hall–Kier alpha value is 0.210. The highest BCUT2D eigenvalue weighted by Gasteiger charge is 2.33. The van der Waals surface area contributed by atoms with Crippen LogP contribution in [0.5, 0.6) is 0 Å². The quantitative estimate of drug-likeness (QED) is 0.610. The highest BCUT2D eigenvalue weighted by atomic mass is 35.5. The van der Waals surface area contributed by atoms with Crippen molar-refractivity contribution in [2.45, 2.75) is 38.9 Å². The van der Waals surface area contributed by atoms with Crippen LogP contribution in [-0.4, -0.2) is 24.3 Å². The van der Waals surface area contributed by atoms with Crippen molar-refractivity contribution in [2.75, 3.05) is 13.1 Å². The summed E-state index contributed by atoms with van der Waals surface area (Å²) >= 11 is 0.